The van der Waals surface area contributed by atoms with Crippen LogP contribution in [-0.2, 0) is 0 Å². The molecule has 0 radical (unpaired) electrons. The lowest BCUT2D eigenvalue weighted by atomic mass is 9.98. The van der Waals surface area contributed by atoms with E-state index in [1.54, 1.807) is 0 Å². The minimum absolute atomic E-state index is 1.06. The molecule has 0 aliphatic rings. The zero-order chi connectivity index (χ0) is 14.2. The predicted molar refractivity (Wildman–Crippen MR) is 89.4 cm³/mol. The Bertz CT molecular complexity index is 940. The molecule has 3 aromatic carbocycles. The number of pyridine rings is 1. The van der Waals surface area contributed by atoms with Crippen molar-refractivity contribution in [1.29, 1.82) is 0 Å². The number of fused-ring (bicyclic) bond motifs is 3. The molecule has 0 spiro atoms. The average Bonchev–Trinajstić information content (AvgIpc) is 2.55. The van der Waals surface area contributed by atoms with Crippen LogP contribution in [0.4, 0.5) is 0 Å². The monoisotopic (exact) mass is 269 g/mol. The van der Waals surface area contributed by atoms with Crippen LogP contribution in [0, 0.1) is 6.92 Å². The van der Waals surface area contributed by atoms with Crippen LogP contribution in [0.1, 0.15) is 5.56 Å². The van der Waals surface area contributed by atoms with Gasteiger partial charge in [-0.25, -0.2) is 0 Å². The van der Waals surface area contributed by atoms with Gasteiger partial charge in [-0.3, -0.25) is 4.98 Å². The molecule has 0 unspecified atom stereocenters. The van der Waals surface area contributed by atoms with Gasteiger partial charge in [0.25, 0.3) is 0 Å². The fourth-order valence-electron chi connectivity index (χ4n) is 2.94. The molecule has 1 aromatic heterocycles. The van der Waals surface area contributed by atoms with Gasteiger partial charge in [0, 0.05) is 17.0 Å². The van der Waals surface area contributed by atoms with Crippen molar-refractivity contribution in [3.05, 3.63) is 78.5 Å². The van der Waals surface area contributed by atoms with Crippen molar-refractivity contribution in [2.45, 2.75) is 6.92 Å². The van der Waals surface area contributed by atoms with Gasteiger partial charge < -0.3 is 0 Å². The molecule has 1 heteroatoms. The molecule has 0 saturated carbocycles. The molecule has 0 aliphatic heterocycles. The maximum atomic E-state index is 4.57. The zero-order valence-electron chi connectivity index (χ0n) is 11.9. The van der Waals surface area contributed by atoms with Crippen LogP contribution in [0.15, 0.2) is 72.9 Å². The van der Waals surface area contributed by atoms with Crippen LogP contribution in [0.25, 0.3) is 32.8 Å². The highest BCUT2D eigenvalue weighted by atomic mass is 14.6. The van der Waals surface area contributed by atoms with Crippen LogP contribution in [0.5, 0.6) is 0 Å². The molecule has 0 N–H and O–H groups in total. The largest absolute Gasteiger partial charge is 0.256 e. The maximum absolute atomic E-state index is 4.57. The summed E-state index contributed by atoms with van der Waals surface area (Å²) < 4.78 is 0. The van der Waals surface area contributed by atoms with E-state index in [0.29, 0.717) is 0 Å². The van der Waals surface area contributed by atoms with Crippen LogP contribution >= 0.6 is 0 Å². The second-order valence-electron chi connectivity index (χ2n) is 5.40. The van der Waals surface area contributed by atoms with E-state index in [2.05, 4.69) is 72.6 Å². The number of benzene rings is 3. The molecule has 0 atom stereocenters. The smallest absolute Gasteiger partial charge is 0.0711 e. The topological polar surface area (TPSA) is 12.9 Å². The van der Waals surface area contributed by atoms with E-state index >= 15 is 0 Å². The van der Waals surface area contributed by atoms with E-state index in [-0.39, 0.29) is 0 Å². The lowest BCUT2D eigenvalue weighted by molar-refractivity contribution is 1.42. The highest BCUT2D eigenvalue weighted by Gasteiger charge is 2.06. The molecule has 0 aliphatic carbocycles. The van der Waals surface area contributed by atoms with Gasteiger partial charge in [-0.2, -0.15) is 0 Å². The Morgan fingerprint density at radius 3 is 2.48 bits per heavy atom. The Morgan fingerprint density at radius 2 is 1.62 bits per heavy atom. The Labute approximate surface area is 123 Å². The second kappa shape index (κ2) is 4.71. The summed E-state index contributed by atoms with van der Waals surface area (Å²) >= 11 is 0. The third-order valence-corrected chi connectivity index (χ3v) is 4.02. The Kier molecular flexibility index (Phi) is 2.71. The standard InChI is InChI=1S/C20H15N/c1-14-6-5-9-19-20(14)18-12-16(10-11-17(18)13-21-19)15-7-3-2-4-8-15/h2-13H,1H3. The minimum atomic E-state index is 1.06. The molecular formula is C20H15N. The molecule has 0 fully saturated rings. The molecule has 4 rings (SSSR count). The number of nitrogens with zero attached hydrogens (tertiary/aromatic N) is 1. The van der Waals surface area contributed by atoms with E-state index in [1.807, 2.05) is 12.3 Å². The third kappa shape index (κ3) is 1.98. The lowest BCUT2D eigenvalue weighted by Crippen LogP contribution is -1.86. The molecule has 1 nitrogen and oxygen atoms in total. The summed E-state index contributed by atoms with van der Waals surface area (Å²) in [6.07, 6.45) is 1.96. The Morgan fingerprint density at radius 1 is 0.762 bits per heavy atom. The summed E-state index contributed by atoms with van der Waals surface area (Å²) in [5, 5.41) is 3.73. The van der Waals surface area contributed by atoms with Gasteiger partial charge in [-0.05, 0) is 41.1 Å². The van der Waals surface area contributed by atoms with Gasteiger partial charge in [-0.15, -0.1) is 0 Å². The normalized spacial score (nSPS) is 11.1. The van der Waals surface area contributed by atoms with Crippen molar-refractivity contribution in [2.24, 2.45) is 0 Å². The molecule has 0 saturated heterocycles. The number of aromatic nitrogens is 1. The van der Waals surface area contributed by atoms with Crippen molar-refractivity contribution in [1.82, 2.24) is 4.98 Å². The van der Waals surface area contributed by atoms with Crippen LogP contribution in [-0.4, -0.2) is 4.98 Å². The summed E-state index contributed by atoms with van der Waals surface area (Å²) in [4.78, 5) is 4.57. The van der Waals surface area contributed by atoms with Gasteiger partial charge in [-0.1, -0.05) is 54.6 Å². The first kappa shape index (κ1) is 12.1. The van der Waals surface area contributed by atoms with Crippen molar-refractivity contribution < 1.29 is 0 Å². The van der Waals surface area contributed by atoms with Crippen molar-refractivity contribution in [2.75, 3.05) is 0 Å². The SMILES string of the molecule is Cc1cccc2ncc3ccc(-c4ccccc4)cc3c12. The van der Waals surface area contributed by atoms with Crippen LogP contribution in [0.2, 0.25) is 0 Å². The van der Waals surface area contributed by atoms with Gasteiger partial charge in [0.15, 0.2) is 0 Å². The van der Waals surface area contributed by atoms with Crippen molar-refractivity contribution in [3.63, 3.8) is 0 Å². The molecule has 0 amide bonds. The summed E-state index contributed by atoms with van der Waals surface area (Å²) in [7, 11) is 0. The van der Waals surface area contributed by atoms with Crippen LogP contribution in [0.3, 0.4) is 0 Å². The molecule has 4 aromatic rings. The first-order valence-corrected chi connectivity index (χ1v) is 7.16. The predicted octanol–water partition coefficient (Wildman–Crippen LogP) is 5.36. The third-order valence-electron chi connectivity index (χ3n) is 4.02. The lowest BCUT2D eigenvalue weighted by Gasteiger charge is -2.08. The molecule has 0 bridgehead atoms. The Hall–Kier alpha value is -2.67. The fourth-order valence-corrected chi connectivity index (χ4v) is 2.94. The minimum Gasteiger partial charge on any atom is -0.256 e. The summed E-state index contributed by atoms with van der Waals surface area (Å²) in [6.45, 7) is 2.15. The number of hydrogen-bond donors (Lipinski definition) is 0. The number of rotatable bonds is 1. The number of aryl methyl sites for hydroxylation is 1. The van der Waals surface area contributed by atoms with Crippen LogP contribution < -0.4 is 0 Å². The van der Waals surface area contributed by atoms with Gasteiger partial charge in [0.05, 0.1) is 5.52 Å². The fraction of sp³-hybridized carbons (Fsp3) is 0.0500. The van der Waals surface area contributed by atoms with Crippen molar-refractivity contribution >= 4 is 21.7 Å². The number of hydrogen-bond acceptors (Lipinski definition) is 1. The molecule has 100 valence electrons. The highest BCUT2D eigenvalue weighted by Crippen LogP contribution is 2.30. The zero-order valence-corrected chi connectivity index (χ0v) is 11.9. The first-order valence-electron chi connectivity index (χ1n) is 7.16. The van der Waals surface area contributed by atoms with Gasteiger partial charge in [0.1, 0.15) is 0 Å². The van der Waals surface area contributed by atoms with E-state index in [9.17, 15) is 0 Å². The van der Waals surface area contributed by atoms with E-state index in [0.717, 1.165) is 5.52 Å². The van der Waals surface area contributed by atoms with E-state index in [1.165, 1.54) is 32.8 Å². The van der Waals surface area contributed by atoms with Crippen molar-refractivity contribution in [3.8, 4) is 11.1 Å². The Balaban J connectivity index is 2.08. The average molecular weight is 269 g/mol. The summed E-state index contributed by atoms with van der Waals surface area (Å²) in [6, 6.07) is 23.4. The molecule has 21 heavy (non-hydrogen) atoms. The van der Waals surface area contributed by atoms with E-state index in [4.69, 9.17) is 0 Å². The van der Waals surface area contributed by atoms with E-state index < -0.39 is 0 Å². The summed E-state index contributed by atoms with van der Waals surface area (Å²) in [5.74, 6) is 0. The second-order valence-corrected chi connectivity index (χ2v) is 5.40. The maximum Gasteiger partial charge on any atom is 0.0711 e. The van der Waals surface area contributed by atoms with Gasteiger partial charge >= 0.3 is 0 Å². The highest BCUT2D eigenvalue weighted by molar-refractivity contribution is 6.08. The molecule has 1 heterocycles. The summed E-state index contributed by atoms with van der Waals surface area (Å²) in [5.41, 5.74) is 4.83. The quantitative estimate of drug-likeness (QED) is 0.424. The molecular weight excluding hydrogens is 254 g/mol. The van der Waals surface area contributed by atoms with Gasteiger partial charge in [0.2, 0.25) is 0 Å². The first-order chi connectivity index (χ1) is 10.3.